The summed E-state index contributed by atoms with van der Waals surface area (Å²) in [6.07, 6.45) is 0. The number of methoxy groups -OCH3 is 2. The summed E-state index contributed by atoms with van der Waals surface area (Å²) in [5.74, 6) is 1.06. The quantitative estimate of drug-likeness (QED) is 0.430. The Morgan fingerprint density at radius 2 is 1.16 bits per heavy atom. The van der Waals surface area contributed by atoms with E-state index < -0.39 is 0 Å². The Morgan fingerprint density at radius 3 is 1.61 bits per heavy atom. The first-order valence-electron chi connectivity index (χ1n) is 10.00. The minimum Gasteiger partial charge on any atom is -0.504 e. The van der Waals surface area contributed by atoms with Crippen LogP contribution in [0.4, 0.5) is 0 Å². The number of phenols is 2. The fraction of sp³-hybridized carbons (Fsp3) is 0.154. The van der Waals surface area contributed by atoms with Gasteiger partial charge in [0.15, 0.2) is 23.0 Å². The normalized spacial score (nSPS) is 10.8. The lowest BCUT2D eigenvalue weighted by Crippen LogP contribution is -2.04. The van der Waals surface area contributed by atoms with Crippen molar-refractivity contribution in [1.82, 2.24) is 4.57 Å². The van der Waals surface area contributed by atoms with Crippen molar-refractivity contribution in [1.29, 1.82) is 0 Å². The van der Waals surface area contributed by atoms with Crippen molar-refractivity contribution in [3.8, 4) is 45.5 Å². The highest BCUT2D eigenvalue weighted by molar-refractivity contribution is 5.73. The van der Waals surface area contributed by atoms with Crippen molar-refractivity contribution in [2.45, 2.75) is 13.5 Å². The molecule has 1 aromatic heterocycles. The number of rotatable bonds is 6. The monoisotopic (exact) mass is 415 g/mol. The molecule has 0 bridgehead atoms. The molecular formula is C26H25NO4. The summed E-state index contributed by atoms with van der Waals surface area (Å²) in [5, 5.41) is 20.0. The lowest BCUT2D eigenvalue weighted by atomic mass is 10.1. The Bertz CT molecular complexity index is 1140. The SMILES string of the molecule is COc1cc(-c2ccc(-c3ccc(O)c(OC)c3)n2Cc2ccc(C)cc2)ccc1O. The van der Waals surface area contributed by atoms with Gasteiger partial charge < -0.3 is 24.3 Å². The summed E-state index contributed by atoms with van der Waals surface area (Å²) >= 11 is 0. The molecular weight excluding hydrogens is 390 g/mol. The number of hydrogen-bond donors (Lipinski definition) is 2. The smallest absolute Gasteiger partial charge is 0.161 e. The fourth-order valence-electron chi connectivity index (χ4n) is 3.69. The molecule has 0 saturated heterocycles. The highest BCUT2D eigenvalue weighted by Crippen LogP contribution is 2.37. The molecule has 0 aliphatic heterocycles. The molecule has 1 heterocycles. The Kier molecular flexibility index (Phi) is 5.58. The van der Waals surface area contributed by atoms with Crippen LogP contribution >= 0.6 is 0 Å². The van der Waals surface area contributed by atoms with Gasteiger partial charge in [-0.1, -0.05) is 29.8 Å². The van der Waals surface area contributed by atoms with E-state index in [1.807, 2.05) is 24.3 Å². The lowest BCUT2D eigenvalue weighted by Gasteiger charge is -2.16. The molecule has 0 aliphatic rings. The molecule has 4 rings (SSSR count). The van der Waals surface area contributed by atoms with Gasteiger partial charge in [0.05, 0.1) is 14.2 Å². The Hall–Kier alpha value is -3.86. The van der Waals surface area contributed by atoms with Crippen LogP contribution in [0.25, 0.3) is 22.5 Å². The van der Waals surface area contributed by atoms with E-state index >= 15 is 0 Å². The van der Waals surface area contributed by atoms with Gasteiger partial charge in [0, 0.05) is 29.1 Å². The number of aryl methyl sites for hydroxylation is 1. The number of aromatic nitrogens is 1. The maximum Gasteiger partial charge on any atom is 0.161 e. The van der Waals surface area contributed by atoms with E-state index in [9.17, 15) is 10.2 Å². The van der Waals surface area contributed by atoms with E-state index in [0.717, 1.165) is 22.5 Å². The molecule has 0 saturated carbocycles. The topological polar surface area (TPSA) is 63.8 Å². The first kappa shape index (κ1) is 20.4. The number of phenolic OH excluding ortho intramolecular Hbond substituents is 2. The second-order valence-corrected chi connectivity index (χ2v) is 7.45. The van der Waals surface area contributed by atoms with E-state index in [2.05, 4.69) is 47.9 Å². The summed E-state index contributed by atoms with van der Waals surface area (Å²) in [6.45, 7) is 2.73. The van der Waals surface area contributed by atoms with Crippen LogP contribution in [0, 0.1) is 6.92 Å². The van der Waals surface area contributed by atoms with Crippen molar-refractivity contribution < 1.29 is 19.7 Å². The molecule has 2 N–H and O–H groups in total. The molecule has 4 aromatic rings. The van der Waals surface area contributed by atoms with Crippen LogP contribution in [0.2, 0.25) is 0 Å². The highest BCUT2D eigenvalue weighted by Gasteiger charge is 2.15. The third-order valence-corrected chi connectivity index (χ3v) is 5.39. The maximum absolute atomic E-state index is 10.0. The zero-order chi connectivity index (χ0) is 22.0. The van der Waals surface area contributed by atoms with Crippen molar-refractivity contribution in [3.05, 3.63) is 83.9 Å². The maximum atomic E-state index is 10.0. The zero-order valence-electron chi connectivity index (χ0n) is 17.8. The number of aromatic hydroxyl groups is 2. The summed E-state index contributed by atoms with van der Waals surface area (Å²) in [4.78, 5) is 0. The van der Waals surface area contributed by atoms with Gasteiger partial charge in [-0.2, -0.15) is 0 Å². The molecule has 5 heteroatoms. The van der Waals surface area contributed by atoms with E-state index in [-0.39, 0.29) is 11.5 Å². The molecule has 158 valence electrons. The number of nitrogens with zero attached hydrogens (tertiary/aromatic N) is 1. The fourth-order valence-corrected chi connectivity index (χ4v) is 3.69. The van der Waals surface area contributed by atoms with Crippen LogP contribution < -0.4 is 9.47 Å². The minimum absolute atomic E-state index is 0.103. The van der Waals surface area contributed by atoms with Gasteiger partial charge in [0.25, 0.3) is 0 Å². The second-order valence-electron chi connectivity index (χ2n) is 7.45. The van der Waals surface area contributed by atoms with Crippen molar-refractivity contribution in [3.63, 3.8) is 0 Å². The Labute approximate surface area is 181 Å². The third-order valence-electron chi connectivity index (χ3n) is 5.39. The van der Waals surface area contributed by atoms with Crippen LogP contribution in [0.15, 0.2) is 72.8 Å². The first-order valence-corrected chi connectivity index (χ1v) is 10.00. The van der Waals surface area contributed by atoms with Gasteiger partial charge >= 0.3 is 0 Å². The Morgan fingerprint density at radius 1 is 0.677 bits per heavy atom. The molecule has 0 radical (unpaired) electrons. The molecule has 5 nitrogen and oxygen atoms in total. The highest BCUT2D eigenvalue weighted by atomic mass is 16.5. The summed E-state index contributed by atoms with van der Waals surface area (Å²) < 4.78 is 12.8. The van der Waals surface area contributed by atoms with E-state index in [1.165, 1.54) is 11.1 Å². The van der Waals surface area contributed by atoms with E-state index in [1.54, 1.807) is 26.4 Å². The van der Waals surface area contributed by atoms with Crippen molar-refractivity contribution in [2.24, 2.45) is 0 Å². The molecule has 0 spiro atoms. The standard InChI is InChI=1S/C26H25NO4/c1-17-4-6-18(7-5-17)16-27-21(19-8-12-23(28)25(14-19)30-2)10-11-22(27)20-9-13-24(29)26(15-20)31-3/h4-15,28-29H,16H2,1-3H3. The molecule has 0 fully saturated rings. The molecule has 0 atom stereocenters. The van der Waals surface area contributed by atoms with Gasteiger partial charge in [-0.05, 0) is 61.0 Å². The van der Waals surface area contributed by atoms with E-state index in [4.69, 9.17) is 9.47 Å². The molecule has 0 unspecified atom stereocenters. The average Bonchev–Trinajstić information content (AvgIpc) is 3.19. The van der Waals surface area contributed by atoms with Crippen LogP contribution in [0.1, 0.15) is 11.1 Å². The number of hydrogen-bond acceptors (Lipinski definition) is 4. The van der Waals surface area contributed by atoms with Gasteiger partial charge in [-0.25, -0.2) is 0 Å². The summed E-state index contributed by atoms with van der Waals surface area (Å²) in [6, 6.07) is 23.2. The Balaban J connectivity index is 1.87. The van der Waals surface area contributed by atoms with Crippen LogP contribution in [0.5, 0.6) is 23.0 Å². The third kappa shape index (κ3) is 4.08. The molecule has 0 aliphatic carbocycles. The van der Waals surface area contributed by atoms with Gasteiger partial charge in [0.2, 0.25) is 0 Å². The average molecular weight is 415 g/mol. The van der Waals surface area contributed by atoms with E-state index in [0.29, 0.717) is 18.0 Å². The summed E-state index contributed by atoms with van der Waals surface area (Å²) in [5.41, 5.74) is 6.21. The van der Waals surface area contributed by atoms with Crippen LogP contribution in [0.3, 0.4) is 0 Å². The predicted octanol–water partition coefficient (Wildman–Crippen LogP) is 5.61. The second kappa shape index (κ2) is 8.48. The van der Waals surface area contributed by atoms with Gasteiger partial charge in [0.1, 0.15) is 0 Å². The molecule has 3 aromatic carbocycles. The molecule has 31 heavy (non-hydrogen) atoms. The van der Waals surface area contributed by atoms with Gasteiger partial charge in [-0.15, -0.1) is 0 Å². The number of ether oxygens (including phenoxy) is 2. The van der Waals surface area contributed by atoms with Crippen molar-refractivity contribution in [2.75, 3.05) is 14.2 Å². The molecule has 0 amide bonds. The first-order chi connectivity index (χ1) is 15.0. The summed E-state index contributed by atoms with van der Waals surface area (Å²) in [7, 11) is 3.08. The zero-order valence-corrected chi connectivity index (χ0v) is 17.8. The minimum atomic E-state index is 0.103. The van der Waals surface area contributed by atoms with Crippen LogP contribution in [-0.2, 0) is 6.54 Å². The largest absolute Gasteiger partial charge is 0.504 e. The number of benzene rings is 3. The lowest BCUT2D eigenvalue weighted by molar-refractivity contribution is 0.373. The van der Waals surface area contributed by atoms with Crippen LogP contribution in [-0.4, -0.2) is 29.0 Å². The predicted molar refractivity (Wildman–Crippen MR) is 122 cm³/mol. The van der Waals surface area contributed by atoms with Crippen molar-refractivity contribution >= 4 is 0 Å². The van der Waals surface area contributed by atoms with Gasteiger partial charge in [-0.3, -0.25) is 0 Å².